The van der Waals surface area contributed by atoms with Crippen LogP contribution in [0.2, 0.25) is 0 Å². The molecule has 62 valence electrons. The Hall–Kier alpha value is -0.800. The first kappa shape index (κ1) is 8.30. The van der Waals surface area contributed by atoms with Crippen LogP contribution in [0.1, 0.15) is 6.92 Å². The Balaban J connectivity index is 2.63. The zero-order valence-corrected chi connectivity index (χ0v) is 6.82. The lowest BCUT2D eigenvalue weighted by atomic mass is 10.7. The zero-order valence-electron chi connectivity index (χ0n) is 5.93. The van der Waals surface area contributed by atoms with Crippen molar-refractivity contribution in [1.82, 2.24) is 5.16 Å². The molecule has 1 rings (SSSR count). The van der Waals surface area contributed by atoms with Crippen molar-refractivity contribution < 1.29 is 18.5 Å². The summed E-state index contributed by atoms with van der Waals surface area (Å²) in [6.45, 7) is 1.55. The predicted octanol–water partition coefficient (Wildman–Crippen LogP) is 1.26. The van der Waals surface area contributed by atoms with E-state index in [0.29, 0.717) is 0 Å². The van der Waals surface area contributed by atoms with E-state index >= 15 is 0 Å². The van der Waals surface area contributed by atoms with Gasteiger partial charge in [0.25, 0.3) is 0 Å². The highest BCUT2D eigenvalue weighted by Gasteiger charge is 2.18. The van der Waals surface area contributed by atoms with E-state index in [4.69, 9.17) is 4.89 Å². The maximum Gasteiger partial charge on any atom is 0.378 e. The molecule has 0 fully saturated rings. The normalized spacial score (nSPS) is 15.8. The first-order chi connectivity index (χ1) is 5.14. The zero-order chi connectivity index (χ0) is 8.32. The first-order valence-corrected chi connectivity index (χ1v) is 4.82. The van der Waals surface area contributed by atoms with Gasteiger partial charge in [0.15, 0.2) is 0 Å². The topological polar surface area (TPSA) is 72.6 Å². The molecule has 0 saturated heterocycles. The van der Waals surface area contributed by atoms with E-state index in [0.717, 1.165) is 0 Å². The molecule has 6 heteroatoms. The van der Waals surface area contributed by atoms with Gasteiger partial charge in [-0.3, -0.25) is 0 Å². The van der Waals surface area contributed by atoms with Crippen molar-refractivity contribution in [2.75, 3.05) is 6.16 Å². The smallest absolute Gasteiger partial charge is 0.378 e. The molecule has 0 aliphatic rings. The molecule has 1 atom stereocenters. The molecule has 0 aromatic carbocycles. The number of hydrogen-bond acceptors (Lipinski definition) is 4. The van der Waals surface area contributed by atoms with Crippen LogP contribution in [0.25, 0.3) is 0 Å². The van der Waals surface area contributed by atoms with E-state index in [-0.39, 0.29) is 12.1 Å². The van der Waals surface area contributed by atoms with E-state index < -0.39 is 7.60 Å². The Morgan fingerprint density at radius 2 is 2.64 bits per heavy atom. The van der Waals surface area contributed by atoms with Gasteiger partial charge >= 0.3 is 13.5 Å². The third kappa shape index (κ3) is 2.37. The van der Waals surface area contributed by atoms with Gasteiger partial charge in [0, 0.05) is 6.07 Å². The van der Waals surface area contributed by atoms with Gasteiger partial charge in [-0.2, -0.15) is 0 Å². The van der Waals surface area contributed by atoms with Crippen molar-refractivity contribution in [2.24, 2.45) is 0 Å². The molecule has 1 unspecified atom stereocenters. The second-order valence-electron chi connectivity index (χ2n) is 1.88. The van der Waals surface area contributed by atoms with Gasteiger partial charge < -0.3 is 13.9 Å². The Kier molecular flexibility index (Phi) is 2.31. The summed E-state index contributed by atoms with van der Waals surface area (Å²) in [5.74, 6) is -0.0299. The molecule has 1 aromatic rings. The van der Waals surface area contributed by atoms with Crippen LogP contribution in [-0.4, -0.2) is 16.2 Å². The maximum atomic E-state index is 10.9. The van der Waals surface area contributed by atoms with Crippen molar-refractivity contribution in [1.29, 1.82) is 0 Å². The standard InChI is InChI=1S/C5H8NO4P/c1-2-11(7,8)10-5-3-4-6-9-5/h3-4H,2H2,1H3,(H,7,8). The average molecular weight is 177 g/mol. The van der Waals surface area contributed by atoms with Crippen molar-refractivity contribution in [3.05, 3.63) is 12.3 Å². The second-order valence-corrected chi connectivity index (χ2v) is 3.97. The molecule has 0 bridgehead atoms. The molecular weight excluding hydrogens is 169 g/mol. The number of aromatic nitrogens is 1. The Morgan fingerprint density at radius 3 is 3.09 bits per heavy atom. The van der Waals surface area contributed by atoms with Crippen LogP contribution in [0.4, 0.5) is 0 Å². The largest absolute Gasteiger partial charge is 0.390 e. The summed E-state index contributed by atoms with van der Waals surface area (Å²) in [6, 6.07) is 1.37. The van der Waals surface area contributed by atoms with Crippen LogP contribution in [0.15, 0.2) is 16.8 Å². The van der Waals surface area contributed by atoms with E-state index in [2.05, 4.69) is 14.2 Å². The highest BCUT2D eigenvalue weighted by Crippen LogP contribution is 2.41. The third-order valence-electron chi connectivity index (χ3n) is 1.05. The summed E-state index contributed by atoms with van der Waals surface area (Å²) in [5, 5.41) is 3.31. The van der Waals surface area contributed by atoms with Gasteiger partial charge in [0.2, 0.25) is 0 Å². The van der Waals surface area contributed by atoms with Crippen molar-refractivity contribution >= 4 is 7.60 Å². The van der Waals surface area contributed by atoms with Crippen molar-refractivity contribution in [3.8, 4) is 5.95 Å². The fraction of sp³-hybridized carbons (Fsp3) is 0.400. The molecule has 5 nitrogen and oxygen atoms in total. The molecule has 0 radical (unpaired) electrons. The van der Waals surface area contributed by atoms with E-state index in [1.54, 1.807) is 6.92 Å². The molecule has 0 aliphatic carbocycles. The molecule has 0 saturated carbocycles. The van der Waals surface area contributed by atoms with Crippen LogP contribution >= 0.6 is 7.60 Å². The Morgan fingerprint density at radius 1 is 1.91 bits per heavy atom. The summed E-state index contributed by atoms with van der Waals surface area (Å²) in [7, 11) is -3.50. The Labute approximate surface area is 63.5 Å². The minimum atomic E-state index is -3.50. The maximum absolute atomic E-state index is 10.9. The SMILES string of the molecule is CCP(=O)(O)Oc1ccno1. The van der Waals surface area contributed by atoms with Crippen molar-refractivity contribution in [2.45, 2.75) is 6.92 Å². The molecule has 1 heterocycles. The molecule has 0 aliphatic heterocycles. The highest BCUT2D eigenvalue weighted by molar-refractivity contribution is 7.53. The van der Waals surface area contributed by atoms with Crippen LogP contribution in [0.5, 0.6) is 5.95 Å². The van der Waals surface area contributed by atoms with Gasteiger partial charge in [0.05, 0.1) is 12.4 Å². The minimum Gasteiger partial charge on any atom is -0.390 e. The highest BCUT2D eigenvalue weighted by atomic mass is 31.2. The number of nitrogens with zero attached hydrogens (tertiary/aromatic N) is 1. The van der Waals surface area contributed by atoms with Gasteiger partial charge in [-0.15, -0.1) is 0 Å². The number of hydrogen-bond donors (Lipinski definition) is 1. The first-order valence-electron chi connectivity index (χ1n) is 3.06. The molecule has 11 heavy (non-hydrogen) atoms. The molecule has 1 N–H and O–H groups in total. The monoisotopic (exact) mass is 177 g/mol. The van der Waals surface area contributed by atoms with E-state index in [1.807, 2.05) is 0 Å². The second kappa shape index (κ2) is 3.07. The Bertz CT molecular complexity index is 257. The van der Waals surface area contributed by atoms with Crippen LogP contribution in [-0.2, 0) is 4.57 Å². The van der Waals surface area contributed by atoms with Crippen LogP contribution < -0.4 is 4.52 Å². The summed E-state index contributed by atoms with van der Waals surface area (Å²) < 4.78 is 19.9. The summed E-state index contributed by atoms with van der Waals surface area (Å²) in [6.07, 6.45) is 1.39. The fourth-order valence-electron chi connectivity index (χ4n) is 0.456. The number of rotatable bonds is 3. The van der Waals surface area contributed by atoms with Crippen LogP contribution in [0, 0.1) is 0 Å². The van der Waals surface area contributed by atoms with Crippen LogP contribution in [0.3, 0.4) is 0 Å². The third-order valence-corrected chi connectivity index (χ3v) is 2.31. The fourth-order valence-corrected chi connectivity index (χ4v) is 0.961. The van der Waals surface area contributed by atoms with Crippen molar-refractivity contribution in [3.63, 3.8) is 0 Å². The lowest BCUT2D eigenvalue weighted by molar-refractivity contribution is 0.289. The summed E-state index contributed by atoms with van der Waals surface area (Å²) in [4.78, 5) is 8.94. The van der Waals surface area contributed by atoms with Gasteiger partial charge in [-0.1, -0.05) is 12.1 Å². The molecule has 0 amide bonds. The van der Waals surface area contributed by atoms with E-state index in [9.17, 15) is 4.57 Å². The van der Waals surface area contributed by atoms with Gasteiger partial charge in [-0.25, -0.2) is 4.57 Å². The molecule has 0 spiro atoms. The molecule has 1 aromatic heterocycles. The molecular formula is C5H8NO4P. The average Bonchev–Trinajstić information content (AvgIpc) is 2.39. The minimum absolute atomic E-state index is 0.0299. The van der Waals surface area contributed by atoms with Gasteiger partial charge in [-0.05, 0) is 0 Å². The van der Waals surface area contributed by atoms with E-state index in [1.165, 1.54) is 12.3 Å². The lowest BCUT2D eigenvalue weighted by Crippen LogP contribution is -1.92. The quantitative estimate of drug-likeness (QED) is 0.703. The predicted molar refractivity (Wildman–Crippen MR) is 37.5 cm³/mol. The van der Waals surface area contributed by atoms with Gasteiger partial charge in [0.1, 0.15) is 0 Å². The summed E-state index contributed by atoms with van der Waals surface area (Å²) >= 11 is 0. The summed E-state index contributed by atoms with van der Waals surface area (Å²) in [5.41, 5.74) is 0. The lowest BCUT2D eigenvalue weighted by Gasteiger charge is -2.06.